The van der Waals surface area contributed by atoms with E-state index in [1.54, 1.807) is 4.90 Å². The van der Waals surface area contributed by atoms with Crippen LogP contribution >= 0.6 is 0 Å². The smallest absolute Gasteiger partial charge is 0.243 e. The summed E-state index contributed by atoms with van der Waals surface area (Å²) in [5.41, 5.74) is 1.13. The molecule has 3 rings (SSSR count). The second kappa shape index (κ2) is 8.81. The van der Waals surface area contributed by atoms with Crippen LogP contribution in [0.4, 0.5) is 4.39 Å². The van der Waals surface area contributed by atoms with E-state index in [0.29, 0.717) is 19.6 Å². The molecule has 0 aromatic heterocycles. The van der Waals surface area contributed by atoms with E-state index in [0.717, 1.165) is 11.6 Å². The molecular formula is C20H24FN3O3S. The van der Waals surface area contributed by atoms with Gasteiger partial charge in [-0.1, -0.05) is 36.4 Å². The maximum Gasteiger partial charge on any atom is 0.243 e. The molecule has 2 aromatic carbocycles. The Morgan fingerprint density at radius 1 is 1.04 bits per heavy atom. The molecule has 0 N–H and O–H groups in total. The summed E-state index contributed by atoms with van der Waals surface area (Å²) in [6.07, 6.45) is 0. The van der Waals surface area contributed by atoms with E-state index >= 15 is 0 Å². The Labute approximate surface area is 165 Å². The van der Waals surface area contributed by atoms with Crippen LogP contribution in [0.5, 0.6) is 0 Å². The second-order valence-corrected chi connectivity index (χ2v) is 8.84. The molecule has 1 amide bonds. The zero-order chi connectivity index (χ0) is 20.1. The molecule has 0 radical (unpaired) electrons. The Hall–Kier alpha value is -2.29. The van der Waals surface area contributed by atoms with Crippen molar-refractivity contribution in [3.05, 3.63) is 66.0 Å². The quantitative estimate of drug-likeness (QED) is 0.735. The normalized spacial score (nSPS) is 15.8. The molecule has 0 aliphatic carbocycles. The monoisotopic (exact) mass is 405 g/mol. The first-order chi connectivity index (χ1) is 13.4. The first-order valence-corrected chi connectivity index (χ1v) is 10.6. The van der Waals surface area contributed by atoms with Gasteiger partial charge in [-0.15, -0.1) is 0 Å². The average molecular weight is 405 g/mol. The van der Waals surface area contributed by atoms with Crippen LogP contribution in [0.25, 0.3) is 0 Å². The van der Waals surface area contributed by atoms with Crippen LogP contribution in [0.15, 0.2) is 59.5 Å². The number of amides is 1. The van der Waals surface area contributed by atoms with Gasteiger partial charge in [0.2, 0.25) is 15.9 Å². The predicted octanol–water partition coefficient (Wildman–Crippen LogP) is 1.79. The first kappa shape index (κ1) is 20.4. The van der Waals surface area contributed by atoms with Crippen molar-refractivity contribution >= 4 is 15.9 Å². The summed E-state index contributed by atoms with van der Waals surface area (Å²) in [6.45, 7) is 1.99. The maximum absolute atomic E-state index is 13.4. The molecule has 1 heterocycles. The van der Waals surface area contributed by atoms with Gasteiger partial charge in [0.25, 0.3) is 0 Å². The second-order valence-electron chi connectivity index (χ2n) is 6.90. The van der Waals surface area contributed by atoms with Crippen molar-refractivity contribution in [1.29, 1.82) is 0 Å². The summed E-state index contributed by atoms with van der Waals surface area (Å²) in [7, 11) is -1.87. The molecule has 0 spiro atoms. The standard InChI is InChI=1S/C20H24FN3O3S/c1-22(15-17-6-3-2-4-7-17)16-20(25)23-10-12-24(13-11-23)28(26,27)19-9-5-8-18(21)14-19/h2-9,14H,10-13,15-16H2,1H3. The predicted molar refractivity (Wildman–Crippen MR) is 105 cm³/mol. The maximum atomic E-state index is 13.4. The molecule has 1 fully saturated rings. The summed E-state index contributed by atoms with van der Waals surface area (Å²) in [4.78, 5) is 16.1. The number of benzene rings is 2. The lowest BCUT2D eigenvalue weighted by Gasteiger charge is -2.34. The van der Waals surface area contributed by atoms with Crippen molar-refractivity contribution in [2.75, 3.05) is 39.8 Å². The minimum Gasteiger partial charge on any atom is -0.339 e. The average Bonchev–Trinajstić information content (AvgIpc) is 2.68. The molecule has 0 atom stereocenters. The fourth-order valence-electron chi connectivity index (χ4n) is 3.24. The molecular weight excluding hydrogens is 381 g/mol. The van der Waals surface area contributed by atoms with Gasteiger partial charge in [0, 0.05) is 32.7 Å². The Morgan fingerprint density at radius 2 is 1.71 bits per heavy atom. The number of sulfonamides is 1. The summed E-state index contributed by atoms with van der Waals surface area (Å²) < 4.78 is 40.0. The zero-order valence-electron chi connectivity index (χ0n) is 15.8. The molecule has 0 saturated carbocycles. The lowest BCUT2D eigenvalue weighted by atomic mass is 10.2. The summed E-state index contributed by atoms with van der Waals surface area (Å²) >= 11 is 0. The van der Waals surface area contributed by atoms with Gasteiger partial charge in [-0.3, -0.25) is 9.69 Å². The van der Waals surface area contributed by atoms with E-state index in [4.69, 9.17) is 0 Å². The van der Waals surface area contributed by atoms with Crippen LogP contribution < -0.4 is 0 Å². The van der Waals surface area contributed by atoms with Gasteiger partial charge in [0.05, 0.1) is 11.4 Å². The van der Waals surface area contributed by atoms with Crippen molar-refractivity contribution in [3.63, 3.8) is 0 Å². The molecule has 8 heteroatoms. The zero-order valence-corrected chi connectivity index (χ0v) is 16.6. The van der Waals surface area contributed by atoms with Crippen LogP contribution in [-0.4, -0.2) is 68.2 Å². The van der Waals surface area contributed by atoms with Gasteiger partial charge in [0.15, 0.2) is 0 Å². The number of halogens is 1. The van der Waals surface area contributed by atoms with Crippen LogP contribution in [0, 0.1) is 5.82 Å². The van der Waals surface area contributed by atoms with Gasteiger partial charge in [-0.2, -0.15) is 4.31 Å². The molecule has 150 valence electrons. The summed E-state index contributed by atoms with van der Waals surface area (Å²) in [5.74, 6) is -0.613. The number of likely N-dealkylation sites (N-methyl/N-ethyl adjacent to an activating group) is 1. The van der Waals surface area contributed by atoms with Crippen molar-refractivity contribution < 1.29 is 17.6 Å². The molecule has 0 bridgehead atoms. The Morgan fingerprint density at radius 3 is 2.36 bits per heavy atom. The van der Waals surface area contributed by atoms with Gasteiger partial charge in [-0.25, -0.2) is 12.8 Å². The van der Waals surface area contributed by atoms with Crippen molar-refractivity contribution in [1.82, 2.24) is 14.1 Å². The number of rotatable bonds is 6. The Bertz CT molecular complexity index is 913. The molecule has 1 aliphatic rings. The number of hydrogen-bond acceptors (Lipinski definition) is 4. The van der Waals surface area contributed by atoms with Gasteiger partial charge < -0.3 is 4.90 Å². The van der Waals surface area contributed by atoms with Crippen LogP contribution in [0.3, 0.4) is 0 Å². The van der Waals surface area contributed by atoms with E-state index in [-0.39, 0.29) is 30.4 Å². The highest BCUT2D eigenvalue weighted by molar-refractivity contribution is 7.89. The number of nitrogens with zero attached hydrogens (tertiary/aromatic N) is 3. The highest BCUT2D eigenvalue weighted by Crippen LogP contribution is 2.18. The molecule has 0 unspecified atom stereocenters. The number of hydrogen-bond donors (Lipinski definition) is 0. The highest BCUT2D eigenvalue weighted by Gasteiger charge is 2.30. The molecule has 6 nitrogen and oxygen atoms in total. The SMILES string of the molecule is CN(CC(=O)N1CCN(S(=O)(=O)c2cccc(F)c2)CC1)Cc1ccccc1. The van der Waals surface area contributed by atoms with Crippen LogP contribution in [0.1, 0.15) is 5.56 Å². The van der Waals surface area contributed by atoms with Crippen molar-refractivity contribution in [3.8, 4) is 0 Å². The van der Waals surface area contributed by atoms with E-state index in [1.807, 2.05) is 42.3 Å². The molecule has 1 saturated heterocycles. The van der Waals surface area contributed by atoms with Gasteiger partial charge >= 0.3 is 0 Å². The van der Waals surface area contributed by atoms with E-state index < -0.39 is 15.8 Å². The van der Waals surface area contributed by atoms with Gasteiger partial charge in [-0.05, 0) is 30.8 Å². The van der Waals surface area contributed by atoms with Crippen LogP contribution in [-0.2, 0) is 21.4 Å². The minimum absolute atomic E-state index is 0.0266. The molecule has 1 aliphatic heterocycles. The van der Waals surface area contributed by atoms with E-state index in [1.165, 1.54) is 22.5 Å². The summed E-state index contributed by atoms with van der Waals surface area (Å²) in [6, 6.07) is 14.9. The third-order valence-electron chi connectivity index (χ3n) is 4.73. The molecule has 28 heavy (non-hydrogen) atoms. The van der Waals surface area contributed by atoms with Crippen molar-refractivity contribution in [2.24, 2.45) is 0 Å². The topological polar surface area (TPSA) is 60.9 Å². The Kier molecular flexibility index (Phi) is 6.43. The van der Waals surface area contributed by atoms with Crippen LogP contribution in [0.2, 0.25) is 0 Å². The minimum atomic E-state index is -3.75. The highest BCUT2D eigenvalue weighted by atomic mass is 32.2. The number of carbonyl (C=O) groups excluding carboxylic acids is 1. The Balaban J connectivity index is 1.54. The van der Waals surface area contributed by atoms with Crippen molar-refractivity contribution in [2.45, 2.75) is 11.4 Å². The third-order valence-corrected chi connectivity index (χ3v) is 6.62. The number of carbonyl (C=O) groups is 1. The lowest BCUT2D eigenvalue weighted by Crippen LogP contribution is -2.52. The molecule has 2 aromatic rings. The fraction of sp³-hybridized carbons (Fsp3) is 0.350. The van der Waals surface area contributed by atoms with Gasteiger partial charge in [0.1, 0.15) is 5.82 Å². The first-order valence-electron chi connectivity index (χ1n) is 9.12. The summed E-state index contributed by atoms with van der Waals surface area (Å²) in [5, 5.41) is 0. The van der Waals surface area contributed by atoms with E-state index in [9.17, 15) is 17.6 Å². The lowest BCUT2D eigenvalue weighted by molar-refractivity contribution is -0.133. The largest absolute Gasteiger partial charge is 0.339 e. The number of piperazine rings is 1. The fourth-order valence-corrected chi connectivity index (χ4v) is 4.69. The third kappa shape index (κ3) is 4.95. The van der Waals surface area contributed by atoms with E-state index in [2.05, 4.69) is 0 Å².